The molecule has 0 aliphatic heterocycles. The first-order chi connectivity index (χ1) is 10.1. The minimum Gasteiger partial charge on any atom is -0.469 e. The first-order valence-corrected chi connectivity index (χ1v) is 7.14. The first kappa shape index (κ1) is 14.0. The molecule has 108 valence electrons. The SMILES string of the molecule is CCc1occc1-c1onc(N)c1-c1ccc(Cl)cc1Cl. The van der Waals surface area contributed by atoms with Gasteiger partial charge in [-0.3, -0.25) is 0 Å². The zero-order valence-electron chi connectivity index (χ0n) is 11.2. The van der Waals surface area contributed by atoms with Gasteiger partial charge in [0.2, 0.25) is 0 Å². The molecule has 0 atom stereocenters. The van der Waals surface area contributed by atoms with Gasteiger partial charge in [-0.15, -0.1) is 0 Å². The van der Waals surface area contributed by atoms with Crippen LogP contribution in [0.25, 0.3) is 22.5 Å². The largest absolute Gasteiger partial charge is 0.469 e. The Morgan fingerprint density at radius 1 is 1.19 bits per heavy atom. The Morgan fingerprint density at radius 3 is 2.71 bits per heavy atom. The third-order valence-corrected chi connectivity index (χ3v) is 3.78. The van der Waals surface area contributed by atoms with Crippen LogP contribution in [0.15, 0.2) is 39.5 Å². The number of anilines is 1. The van der Waals surface area contributed by atoms with Gasteiger partial charge in [0.1, 0.15) is 5.76 Å². The summed E-state index contributed by atoms with van der Waals surface area (Å²) in [5.41, 5.74) is 8.14. The number of rotatable bonds is 3. The summed E-state index contributed by atoms with van der Waals surface area (Å²) in [7, 11) is 0. The number of aromatic nitrogens is 1. The quantitative estimate of drug-likeness (QED) is 0.732. The molecule has 0 saturated heterocycles. The lowest BCUT2D eigenvalue weighted by atomic mass is 10.0. The van der Waals surface area contributed by atoms with Crippen LogP contribution in [-0.4, -0.2) is 5.16 Å². The molecule has 4 nitrogen and oxygen atoms in total. The molecular formula is C15H12Cl2N2O2. The lowest BCUT2D eigenvalue weighted by molar-refractivity contribution is 0.433. The molecule has 0 fully saturated rings. The predicted molar refractivity (Wildman–Crippen MR) is 83.5 cm³/mol. The summed E-state index contributed by atoms with van der Waals surface area (Å²) in [6.45, 7) is 2.00. The van der Waals surface area contributed by atoms with Crippen molar-refractivity contribution in [3.05, 3.63) is 46.3 Å². The molecule has 2 aromatic heterocycles. The van der Waals surface area contributed by atoms with Gasteiger partial charge < -0.3 is 14.7 Å². The smallest absolute Gasteiger partial charge is 0.180 e. The van der Waals surface area contributed by atoms with Gasteiger partial charge in [-0.25, -0.2) is 0 Å². The van der Waals surface area contributed by atoms with E-state index in [0.717, 1.165) is 23.3 Å². The van der Waals surface area contributed by atoms with E-state index < -0.39 is 0 Å². The van der Waals surface area contributed by atoms with Gasteiger partial charge in [0.05, 0.1) is 22.4 Å². The van der Waals surface area contributed by atoms with Gasteiger partial charge in [-0.05, 0) is 18.2 Å². The average molecular weight is 323 g/mol. The maximum Gasteiger partial charge on any atom is 0.180 e. The van der Waals surface area contributed by atoms with Crippen molar-refractivity contribution in [1.82, 2.24) is 5.16 Å². The van der Waals surface area contributed by atoms with E-state index in [1.807, 2.05) is 13.0 Å². The van der Waals surface area contributed by atoms with Gasteiger partial charge in [0, 0.05) is 17.0 Å². The molecular weight excluding hydrogens is 311 g/mol. The van der Waals surface area contributed by atoms with E-state index in [0.29, 0.717) is 21.4 Å². The zero-order chi connectivity index (χ0) is 15.0. The fourth-order valence-corrected chi connectivity index (χ4v) is 2.76. The zero-order valence-corrected chi connectivity index (χ0v) is 12.7. The summed E-state index contributed by atoms with van der Waals surface area (Å²) >= 11 is 12.2. The summed E-state index contributed by atoms with van der Waals surface area (Å²) in [5.74, 6) is 1.62. The third kappa shape index (κ3) is 2.41. The van der Waals surface area contributed by atoms with E-state index in [-0.39, 0.29) is 5.82 Å². The molecule has 3 aromatic rings. The first-order valence-electron chi connectivity index (χ1n) is 6.39. The lowest BCUT2D eigenvalue weighted by Gasteiger charge is -2.05. The topological polar surface area (TPSA) is 65.2 Å². The van der Waals surface area contributed by atoms with Crippen LogP contribution in [0.2, 0.25) is 10.0 Å². The molecule has 0 unspecified atom stereocenters. The molecule has 3 rings (SSSR count). The van der Waals surface area contributed by atoms with Crippen molar-refractivity contribution in [3.63, 3.8) is 0 Å². The van der Waals surface area contributed by atoms with Crippen LogP contribution in [-0.2, 0) is 6.42 Å². The van der Waals surface area contributed by atoms with Crippen LogP contribution in [0.3, 0.4) is 0 Å². The van der Waals surface area contributed by atoms with Crippen LogP contribution in [0.4, 0.5) is 5.82 Å². The summed E-state index contributed by atoms with van der Waals surface area (Å²) in [4.78, 5) is 0. The summed E-state index contributed by atoms with van der Waals surface area (Å²) in [5, 5.41) is 4.90. The number of hydrogen-bond donors (Lipinski definition) is 1. The van der Waals surface area contributed by atoms with Gasteiger partial charge in [-0.1, -0.05) is 41.3 Å². The van der Waals surface area contributed by atoms with E-state index in [9.17, 15) is 0 Å². The van der Waals surface area contributed by atoms with E-state index in [2.05, 4.69) is 5.16 Å². The van der Waals surface area contributed by atoms with Crippen molar-refractivity contribution in [2.75, 3.05) is 5.73 Å². The van der Waals surface area contributed by atoms with E-state index in [1.165, 1.54) is 0 Å². The Bertz CT molecular complexity index is 793. The second-order valence-corrected chi connectivity index (χ2v) is 5.35. The highest BCUT2D eigenvalue weighted by Gasteiger charge is 2.22. The maximum absolute atomic E-state index is 6.27. The number of hydrogen-bond acceptors (Lipinski definition) is 4. The van der Waals surface area contributed by atoms with Gasteiger partial charge in [0.25, 0.3) is 0 Å². The molecule has 2 N–H and O–H groups in total. The van der Waals surface area contributed by atoms with Crippen molar-refractivity contribution < 1.29 is 8.94 Å². The molecule has 0 radical (unpaired) electrons. The normalized spacial score (nSPS) is 11.0. The fourth-order valence-electron chi connectivity index (χ4n) is 2.26. The Hall–Kier alpha value is -1.91. The van der Waals surface area contributed by atoms with Gasteiger partial charge in [-0.2, -0.15) is 0 Å². The maximum atomic E-state index is 6.27. The van der Waals surface area contributed by atoms with Gasteiger partial charge in [0.15, 0.2) is 11.6 Å². The molecule has 1 aromatic carbocycles. The minimum absolute atomic E-state index is 0.275. The number of nitrogens with two attached hydrogens (primary N) is 1. The molecule has 21 heavy (non-hydrogen) atoms. The molecule has 2 heterocycles. The second-order valence-electron chi connectivity index (χ2n) is 4.51. The van der Waals surface area contributed by atoms with Crippen molar-refractivity contribution >= 4 is 29.0 Å². The van der Waals surface area contributed by atoms with Crippen LogP contribution in [0, 0.1) is 0 Å². The van der Waals surface area contributed by atoms with Crippen molar-refractivity contribution in [2.45, 2.75) is 13.3 Å². The third-order valence-electron chi connectivity index (χ3n) is 3.23. The lowest BCUT2D eigenvalue weighted by Crippen LogP contribution is -1.90. The average Bonchev–Trinajstić information content (AvgIpc) is 3.05. The molecule has 0 amide bonds. The summed E-state index contributed by atoms with van der Waals surface area (Å²) in [6.07, 6.45) is 2.34. The Kier molecular flexibility index (Phi) is 3.66. The van der Waals surface area contributed by atoms with Crippen LogP contribution in [0.5, 0.6) is 0 Å². The Balaban J connectivity index is 2.22. The van der Waals surface area contributed by atoms with E-state index in [4.69, 9.17) is 37.9 Å². The second kappa shape index (κ2) is 5.47. The Labute approximate surface area is 131 Å². The molecule has 0 aliphatic carbocycles. The standard InChI is InChI=1S/C15H12Cl2N2O2/c1-2-12-10(5-6-20-12)14-13(15(18)19-21-14)9-4-3-8(16)7-11(9)17/h3-7H,2H2,1H3,(H2,18,19). The predicted octanol–water partition coefficient (Wildman–Crippen LogP) is 5.05. The minimum atomic E-state index is 0.275. The number of furan rings is 1. The Morgan fingerprint density at radius 2 is 2.00 bits per heavy atom. The molecule has 0 bridgehead atoms. The summed E-state index contributed by atoms with van der Waals surface area (Å²) < 4.78 is 10.8. The van der Waals surface area contributed by atoms with Gasteiger partial charge >= 0.3 is 0 Å². The highest BCUT2D eigenvalue weighted by Crippen LogP contribution is 2.41. The molecule has 0 spiro atoms. The van der Waals surface area contributed by atoms with Crippen LogP contribution < -0.4 is 5.73 Å². The van der Waals surface area contributed by atoms with Crippen LogP contribution >= 0.6 is 23.2 Å². The van der Waals surface area contributed by atoms with Crippen LogP contribution in [0.1, 0.15) is 12.7 Å². The number of nitrogen functional groups attached to an aromatic ring is 1. The van der Waals surface area contributed by atoms with Crippen molar-refractivity contribution in [2.24, 2.45) is 0 Å². The molecule has 0 saturated carbocycles. The van der Waals surface area contributed by atoms with E-state index in [1.54, 1.807) is 24.5 Å². The number of aryl methyl sites for hydroxylation is 1. The summed E-state index contributed by atoms with van der Waals surface area (Å²) in [6, 6.07) is 7.02. The number of benzene rings is 1. The molecule has 0 aliphatic rings. The van der Waals surface area contributed by atoms with Crippen molar-refractivity contribution in [1.29, 1.82) is 0 Å². The molecule has 6 heteroatoms. The monoisotopic (exact) mass is 322 g/mol. The highest BCUT2D eigenvalue weighted by atomic mass is 35.5. The van der Waals surface area contributed by atoms with Crippen molar-refractivity contribution in [3.8, 4) is 22.5 Å². The fraction of sp³-hybridized carbons (Fsp3) is 0.133. The van der Waals surface area contributed by atoms with E-state index >= 15 is 0 Å². The number of nitrogens with zero attached hydrogens (tertiary/aromatic N) is 1. The highest BCUT2D eigenvalue weighted by molar-refractivity contribution is 6.36. The number of halogens is 2.